The van der Waals surface area contributed by atoms with Gasteiger partial charge in [-0.3, -0.25) is 9.48 Å². The minimum atomic E-state index is -0.197. The fourth-order valence-corrected chi connectivity index (χ4v) is 4.78. The molecule has 1 aromatic carbocycles. The number of aromatic nitrogens is 7. The van der Waals surface area contributed by atoms with Crippen LogP contribution in [0.25, 0.3) is 27.8 Å². The van der Waals surface area contributed by atoms with Crippen molar-refractivity contribution >= 4 is 39.4 Å². The molecule has 37 heavy (non-hydrogen) atoms. The van der Waals surface area contributed by atoms with Crippen LogP contribution in [0.1, 0.15) is 12.8 Å². The normalized spacial score (nSPS) is 14.3. The molecule has 0 saturated carbocycles. The summed E-state index contributed by atoms with van der Waals surface area (Å²) in [6.45, 7) is 6.11. The van der Waals surface area contributed by atoms with Crippen LogP contribution in [0.5, 0.6) is 0 Å². The first-order valence-corrected chi connectivity index (χ1v) is 12.3. The van der Waals surface area contributed by atoms with Crippen molar-refractivity contribution in [2.24, 2.45) is 7.05 Å². The average Bonchev–Trinajstić information content (AvgIpc) is 3.41. The number of allylic oxidation sites excluding steroid dienone is 1. The summed E-state index contributed by atoms with van der Waals surface area (Å²) < 4.78 is 5.14. The van der Waals surface area contributed by atoms with E-state index < -0.39 is 0 Å². The van der Waals surface area contributed by atoms with Gasteiger partial charge in [0.2, 0.25) is 5.95 Å². The van der Waals surface area contributed by atoms with Gasteiger partial charge in [0, 0.05) is 30.4 Å². The number of nitrogens with one attached hydrogen (secondary N) is 3. The molecule has 5 aromatic rings. The zero-order chi connectivity index (χ0) is 25.4. The van der Waals surface area contributed by atoms with E-state index in [4.69, 9.17) is 9.97 Å². The summed E-state index contributed by atoms with van der Waals surface area (Å²) in [5.74, 6) is 1.74. The molecule has 0 aliphatic carbocycles. The molecule has 5 heterocycles. The number of hydrogen-bond donors (Lipinski definition) is 3. The second kappa shape index (κ2) is 9.51. The van der Waals surface area contributed by atoms with Crippen molar-refractivity contribution in [2.45, 2.75) is 25.4 Å². The van der Waals surface area contributed by atoms with Crippen molar-refractivity contribution in [3.63, 3.8) is 0 Å². The maximum atomic E-state index is 13.3. The molecule has 0 bridgehead atoms. The van der Waals surface area contributed by atoms with E-state index in [1.807, 2.05) is 54.3 Å². The Hall–Kier alpha value is -4.51. The molecule has 11 nitrogen and oxygen atoms in total. The molecule has 0 atom stereocenters. The number of piperidine rings is 1. The van der Waals surface area contributed by atoms with Crippen LogP contribution in [0.3, 0.4) is 0 Å². The van der Waals surface area contributed by atoms with Crippen LogP contribution in [0.15, 0.2) is 66.2 Å². The number of fused-ring (bicyclic) bond motifs is 2. The van der Waals surface area contributed by atoms with E-state index in [0.717, 1.165) is 48.3 Å². The summed E-state index contributed by atoms with van der Waals surface area (Å²) >= 11 is 0. The maximum absolute atomic E-state index is 13.3. The van der Waals surface area contributed by atoms with Gasteiger partial charge in [-0.05, 0) is 56.3 Å². The molecule has 1 aliphatic heterocycles. The average molecular weight is 497 g/mol. The van der Waals surface area contributed by atoms with Gasteiger partial charge in [-0.2, -0.15) is 10.1 Å². The van der Waals surface area contributed by atoms with E-state index in [1.54, 1.807) is 21.6 Å². The monoisotopic (exact) mass is 496 g/mol. The lowest BCUT2D eigenvalue weighted by Crippen LogP contribution is -2.35. The quantitative estimate of drug-likeness (QED) is 0.294. The molecule has 188 valence electrons. The minimum absolute atomic E-state index is 0.197. The van der Waals surface area contributed by atoms with Crippen LogP contribution in [0, 0.1) is 0 Å². The van der Waals surface area contributed by atoms with Crippen molar-refractivity contribution in [1.29, 1.82) is 0 Å². The summed E-state index contributed by atoms with van der Waals surface area (Å²) in [5, 5.41) is 15.9. The van der Waals surface area contributed by atoms with Crippen LogP contribution in [0.2, 0.25) is 0 Å². The number of hydrogen-bond acceptors (Lipinski definition) is 8. The zero-order valence-electron chi connectivity index (χ0n) is 20.6. The van der Waals surface area contributed by atoms with Crippen molar-refractivity contribution < 1.29 is 0 Å². The number of nitrogens with zero attached hydrogens (tertiary/aromatic N) is 7. The third-order valence-corrected chi connectivity index (χ3v) is 6.62. The number of anilines is 3. The maximum Gasteiger partial charge on any atom is 0.278 e. The Morgan fingerprint density at radius 2 is 2.03 bits per heavy atom. The van der Waals surface area contributed by atoms with Crippen LogP contribution in [-0.2, 0) is 13.6 Å². The van der Waals surface area contributed by atoms with Crippen molar-refractivity contribution in [2.75, 3.05) is 23.7 Å². The Kier molecular flexibility index (Phi) is 5.89. The first-order valence-electron chi connectivity index (χ1n) is 12.3. The highest BCUT2D eigenvalue weighted by Crippen LogP contribution is 2.23. The fourth-order valence-electron chi connectivity index (χ4n) is 4.78. The van der Waals surface area contributed by atoms with E-state index in [2.05, 4.69) is 32.6 Å². The molecule has 3 N–H and O–H groups in total. The van der Waals surface area contributed by atoms with Gasteiger partial charge in [0.25, 0.3) is 5.56 Å². The van der Waals surface area contributed by atoms with Crippen LogP contribution in [0.4, 0.5) is 17.5 Å². The Morgan fingerprint density at radius 3 is 2.86 bits per heavy atom. The van der Waals surface area contributed by atoms with Gasteiger partial charge in [-0.15, -0.1) is 6.58 Å². The van der Waals surface area contributed by atoms with Crippen molar-refractivity contribution in [1.82, 2.24) is 39.4 Å². The summed E-state index contributed by atoms with van der Waals surface area (Å²) in [6.07, 6.45) is 7.12. The molecule has 0 amide bonds. The zero-order valence-corrected chi connectivity index (χ0v) is 20.6. The molecule has 11 heteroatoms. The number of aryl methyl sites for hydroxylation is 1. The molecular weight excluding hydrogens is 468 g/mol. The van der Waals surface area contributed by atoms with Crippen molar-refractivity contribution in [3.8, 4) is 5.82 Å². The Bertz CT molecular complexity index is 1660. The molecular formula is C26H28N10O. The third-order valence-electron chi connectivity index (χ3n) is 6.62. The highest BCUT2D eigenvalue weighted by molar-refractivity contribution is 5.83. The first kappa shape index (κ1) is 22.9. The van der Waals surface area contributed by atoms with Crippen molar-refractivity contribution in [3.05, 3.63) is 71.8 Å². The lowest BCUT2D eigenvalue weighted by Gasteiger charge is -2.24. The van der Waals surface area contributed by atoms with Gasteiger partial charge in [0.15, 0.2) is 11.5 Å². The summed E-state index contributed by atoms with van der Waals surface area (Å²) in [5.41, 5.74) is 2.13. The number of pyridine rings is 1. The number of benzene rings is 1. The third kappa shape index (κ3) is 4.33. The Labute approximate surface area is 212 Å². The molecule has 0 unspecified atom stereocenters. The summed E-state index contributed by atoms with van der Waals surface area (Å²) in [7, 11) is 1.91. The molecule has 0 spiro atoms. The predicted molar refractivity (Wildman–Crippen MR) is 145 cm³/mol. The summed E-state index contributed by atoms with van der Waals surface area (Å²) in [4.78, 5) is 27.3. The van der Waals surface area contributed by atoms with Gasteiger partial charge >= 0.3 is 0 Å². The van der Waals surface area contributed by atoms with Gasteiger partial charge in [0.1, 0.15) is 11.2 Å². The fraction of sp³-hybridized carbons (Fsp3) is 0.269. The van der Waals surface area contributed by atoms with E-state index >= 15 is 0 Å². The van der Waals surface area contributed by atoms with Gasteiger partial charge in [-0.1, -0.05) is 12.1 Å². The Balaban J connectivity index is 1.40. The molecule has 1 aliphatic rings. The standard InChI is InChI=1S/C26H28N10O/c1-3-13-35-25(37)20-16-28-26(31-19-7-8-21-17(14-19)15-29-34(21)2)33-24(20)36(35)23-6-4-5-22(32-23)30-18-9-11-27-12-10-18/h3-8,14-16,18,27H,1,9-13H2,2H3,(H,30,32)(H,28,31,33). The van der Waals surface area contributed by atoms with Gasteiger partial charge in [-0.25, -0.2) is 19.3 Å². The van der Waals surface area contributed by atoms with Gasteiger partial charge < -0.3 is 16.0 Å². The second-order valence-corrected chi connectivity index (χ2v) is 9.14. The van der Waals surface area contributed by atoms with Crippen LogP contribution >= 0.6 is 0 Å². The molecule has 4 aromatic heterocycles. The van der Waals surface area contributed by atoms with Gasteiger partial charge in [0.05, 0.1) is 18.3 Å². The predicted octanol–water partition coefficient (Wildman–Crippen LogP) is 2.96. The Morgan fingerprint density at radius 1 is 1.16 bits per heavy atom. The molecule has 1 saturated heterocycles. The topological polar surface area (TPSA) is 120 Å². The first-order chi connectivity index (χ1) is 18.1. The highest BCUT2D eigenvalue weighted by Gasteiger charge is 2.19. The lowest BCUT2D eigenvalue weighted by atomic mass is 10.1. The molecule has 0 radical (unpaired) electrons. The summed E-state index contributed by atoms with van der Waals surface area (Å²) in [6, 6.07) is 12.0. The van der Waals surface area contributed by atoms with E-state index in [9.17, 15) is 4.79 Å². The smallest absolute Gasteiger partial charge is 0.278 e. The SMILES string of the molecule is C=CCn1c(=O)c2cnc(Nc3ccc4c(cnn4C)c3)nc2n1-c1cccc(NC2CCNCC2)n1. The molecule has 6 rings (SSSR count). The highest BCUT2D eigenvalue weighted by atomic mass is 16.1. The van der Waals surface area contributed by atoms with Crippen LogP contribution in [-0.4, -0.2) is 53.2 Å². The van der Waals surface area contributed by atoms with Crippen LogP contribution < -0.4 is 21.5 Å². The van der Waals surface area contributed by atoms with E-state index in [1.165, 1.54) is 0 Å². The van der Waals surface area contributed by atoms with E-state index in [0.29, 0.717) is 35.4 Å². The lowest BCUT2D eigenvalue weighted by molar-refractivity contribution is 0.478. The van der Waals surface area contributed by atoms with E-state index in [-0.39, 0.29) is 5.56 Å². The number of rotatable bonds is 7. The minimum Gasteiger partial charge on any atom is -0.367 e. The largest absolute Gasteiger partial charge is 0.367 e. The second-order valence-electron chi connectivity index (χ2n) is 9.14. The molecule has 1 fully saturated rings.